The lowest BCUT2D eigenvalue weighted by Gasteiger charge is -2.10. The first-order valence-corrected chi connectivity index (χ1v) is 6.47. The number of carbonyl (C=O) groups is 1. The third-order valence-electron chi connectivity index (χ3n) is 3.18. The maximum absolute atomic E-state index is 11.5. The van der Waals surface area contributed by atoms with E-state index in [4.69, 9.17) is 4.74 Å². The Kier molecular flexibility index (Phi) is 6.45. The lowest BCUT2D eigenvalue weighted by Crippen LogP contribution is -2.15. The number of cyclic esters (lactones) is 1. The molecular formula is C13H24O2. The molecule has 2 heteroatoms. The van der Waals surface area contributed by atoms with Crippen molar-refractivity contribution in [2.45, 2.75) is 64.7 Å². The summed E-state index contributed by atoms with van der Waals surface area (Å²) in [5.41, 5.74) is 0. The number of hydrogen-bond donors (Lipinski definition) is 0. The van der Waals surface area contributed by atoms with Gasteiger partial charge >= 0.3 is 5.97 Å². The largest absolute Gasteiger partial charge is 0.465 e. The molecule has 1 unspecified atom stereocenters. The van der Waals surface area contributed by atoms with Crippen LogP contribution < -0.4 is 0 Å². The van der Waals surface area contributed by atoms with Crippen molar-refractivity contribution in [3.8, 4) is 0 Å². The third kappa shape index (κ3) is 5.81. The van der Waals surface area contributed by atoms with Gasteiger partial charge in [-0.2, -0.15) is 0 Å². The summed E-state index contributed by atoms with van der Waals surface area (Å²) in [7, 11) is 0. The summed E-state index contributed by atoms with van der Waals surface area (Å²) in [6.45, 7) is 2.62. The number of hydrogen-bond acceptors (Lipinski definition) is 2. The monoisotopic (exact) mass is 212 g/mol. The lowest BCUT2D eigenvalue weighted by atomic mass is 10.0. The normalized spacial score (nSPS) is 27.0. The van der Waals surface area contributed by atoms with Gasteiger partial charge in [-0.05, 0) is 12.8 Å². The van der Waals surface area contributed by atoms with Crippen LogP contribution in [0.3, 0.4) is 0 Å². The molecule has 0 bridgehead atoms. The Morgan fingerprint density at radius 3 is 2.13 bits per heavy atom. The summed E-state index contributed by atoms with van der Waals surface area (Å²) >= 11 is 0. The van der Waals surface area contributed by atoms with Gasteiger partial charge < -0.3 is 4.74 Å². The molecule has 0 aromatic rings. The predicted molar refractivity (Wildman–Crippen MR) is 61.7 cm³/mol. The van der Waals surface area contributed by atoms with Crippen LogP contribution in [0.1, 0.15) is 64.7 Å². The highest BCUT2D eigenvalue weighted by Gasteiger charge is 2.13. The van der Waals surface area contributed by atoms with Crippen LogP contribution in [-0.2, 0) is 9.53 Å². The zero-order chi connectivity index (χ0) is 10.9. The molecule has 1 rings (SSSR count). The van der Waals surface area contributed by atoms with Crippen LogP contribution in [0.25, 0.3) is 0 Å². The van der Waals surface area contributed by atoms with Crippen molar-refractivity contribution in [1.29, 1.82) is 0 Å². The van der Waals surface area contributed by atoms with Crippen LogP contribution in [0.15, 0.2) is 0 Å². The van der Waals surface area contributed by atoms with Crippen molar-refractivity contribution in [2.24, 2.45) is 5.92 Å². The Morgan fingerprint density at radius 1 is 0.933 bits per heavy atom. The van der Waals surface area contributed by atoms with Gasteiger partial charge in [0.2, 0.25) is 0 Å². The average Bonchev–Trinajstić information content (AvgIpc) is 2.25. The topological polar surface area (TPSA) is 26.3 Å². The van der Waals surface area contributed by atoms with E-state index < -0.39 is 0 Å². The van der Waals surface area contributed by atoms with Crippen molar-refractivity contribution in [2.75, 3.05) is 6.61 Å². The minimum atomic E-state index is 0.00856. The molecule has 1 aliphatic heterocycles. The fraction of sp³-hybridized carbons (Fsp3) is 0.923. The summed E-state index contributed by atoms with van der Waals surface area (Å²) in [5, 5.41) is 0. The van der Waals surface area contributed by atoms with Gasteiger partial charge in [0.05, 0.1) is 12.5 Å². The molecule has 0 aliphatic carbocycles. The summed E-state index contributed by atoms with van der Waals surface area (Å²) in [6, 6.07) is 0. The van der Waals surface area contributed by atoms with Crippen molar-refractivity contribution in [3.05, 3.63) is 0 Å². The van der Waals surface area contributed by atoms with Crippen LogP contribution in [0, 0.1) is 5.92 Å². The van der Waals surface area contributed by atoms with E-state index in [2.05, 4.69) is 0 Å². The minimum Gasteiger partial charge on any atom is -0.465 e. The fourth-order valence-corrected chi connectivity index (χ4v) is 2.05. The molecule has 0 amide bonds. The SMILES string of the molecule is CC1CCCCCCCCCCOC1=O. The van der Waals surface area contributed by atoms with Gasteiger partial charge in [0.25, 0.3) is 0 Å². The lowest BCUT2D eigenvalue weighted by molar-refractivity contribution is -0.148. The second-order valence-electron chi connectivity index (χ2n) is 4.69. The summed E-state index contributed by atoms with van der Waals surface area (Å²) < 4.78 is 5.23. The molecule has 0 aromatic heterocycles. The van der Waals surface area contributed by atoms with E-state index >= 15 is 0 Å². The summed E-state index contributed by atoms with van der Waals surface area (Å²) in [4.78, 5) is 11.5. The molecular weight excluding hydrogens is 188 g/mol. The van der Waals surface area contributed by atoms with Gasteiger partial charge in [0.15, 0.2) is 0 Å². The zero-order valence-electron chi connectivity index (χ0n) is 9.96. The van der Waals surface area contributed by atoms with E-state index in [1.54, 1.807) is 0 Å². The Bertz CT molecular complexity index is 177. The van der Waals surface area contributed by atoms with Crippen LogP contribution in [0.4, 0.5) is 0 Å². The van der Waals surface area contributed by atoms with Crippen molar-refractivity contribution in [1.82, 2.24) is 0 Å². The van der Waals surface area contributed by atoms with Gasteiger partial charge in [-0.1, -0.05) is 51.9 Å². The smallest absolute Gasteiger partial charge is 0.308 e. The highest BCUT2D eigenvalue weighted by atomic mass is 16.5. The van der Waals surface area contributed by atoms with E-state index in [9.17, 15) is 4.79 Å². The van der Waals surface area contributed by atoms with E-state index in [-0.39, 0.29) is 11.9 Å². The standard InChI is InChI=1S/C13H24O2/c1-12-10-8-6-4-2-3-5-7-9-11-15-13(12)14/h12H,2-11H2,1H3. The van der Waals surface area contributed by atoms with E-state index in [1.165, 1.54) is 44.9 Å². The first-order chi connectivity index (χ1) is 7.30. The quantitative estimate of drug-likeness (QED) is 0.572. The first kappa shape index (κ1) is 12.5. The average molecular weight is 212 g/mol. The van der Waals surface area contributed by atoms with Crippen LogP contribution >= 0.6 is 0 Å². The van der Waals surface area contributed by atoms with Gasteiger partial charge in [-0.25, -0.2) is 0 Å². The predicted octanol–water partition coefficient (Wildman–Crippen LogP) is 3.69. The summed E-state index contributed by atoms with van der Waals surface area (Å²) in [6.07, 6.45) is 11.0. The maximum atomic E-state index is 11.5. The van der Waals surface area contributed by atoms with E-state index in [0.717, 1.165) is 12.8 Å². The molecule has 1 fully saturated rings. The van der Waals surface area contributed by atoms with E-state index in [0.29, 0.717) is 6.61 Å². The summed E-state index contributed by atoms with van der Waals surface area (Å²) in [5.74, 6) is 0.111. The molecule has 2 nitrogen and oxygen atoms in total. The fourth-order valence-electron chi connectivity index (χ4n) is 2.05. The van der Waals surface area contributed by atoms with Gasteiger partial charge in [-0.15, -0.1) is 0 Å². The minimum absolute atomic E-state index is 0.00856. The Labute approximate surface area is 93.4 Å². The maximum Gasteiger partial charge on any atom is 0.308 e. The Morgan fingerprint density at radius 2 is 1.47 bits per heavy atom. The van der Waals surface area contributed by atoms with Crippen LogP contribution in [-0.4, -0.2) is 12.6 Å². The molecule has 0 N–H and O–H groups in total. The number of esters is 1. The zero-order valence-corrected chi connectivity index (χ0v) is 9.96. The highest BCUT2D eigenvalue weighted by molar-refractivity contribution is 5.71. The van der Waals surface area contributed by atoms with E-state index in [1.807, 2.05) is 6.92 Å². The number of rotatable bonds is 0. The highest BCUT2D eigenvalue weighted by Crippen LogP contribution is 2.15. The Balaban J connectivity index is 2.27. The van der Waals surface area contributed by atoms with Crippen LogP contribution in [0.2, 0.25) is 0 Å². The molecule has 0 radical (unpaired) electrons. The van der Waals surface area contributed by atoms with Crippen molar-refractivity contribution in [3.63, 3.8) is 0 Å². The number of ether oxygens (including phenoxy) is 1. The van der Waals surface area contributed by atoms with Gasteiger partial charge in [-0.3, -0.25) is 4.79 Å². The van der Waals surface area contributed by atoms with Crippen molar-refractivity contribution < 1.29 is 9.53 Å². The van der Waals surface area contributed by atoms with Crippen LogP contribution in [0.5, 0.6) is 0 Å². The molecule has 0 saturated carbocycles. The number of carbonyl (C=O) groups excluding carboxylic acids is 1. The van der Waals surface area contributed by atoms with Crippen molar-refractivity contribution >= 4 is 5.97 Å². The molecule has 1 atom stereocenters. The third-order valence-corrected chi connectivity index (χ3v) is 3.18. The Hall–Kier alpha value is -0.530. The van der Waals surface area contributed by atoms with Gasteiger partial charge in [0, 0.05) is 0 Å². The molecule has 88 valence electrons. The molecule has 1 aliphatic rings. The molecule has 0 spiro atoms. The molecule has 0 aromatic carbocycles. The second-order valence-corrected chi connectivity index (χ2v) is 4.69. The second kappa shape index (κ2) is 7.72. The molecule has 1 saturated heterocycles. The molecule has 1 heterocycles. The molecule has 15 heavy (non-hydrogen) atoms. The first-order valence-electron chi connectivity index (χ1n) is 6.47. The van der Waals surface area contributed by atoms with Gasteiger partial charge in [0.1, 0.15) is 0 Å².